The fourth-order valence-electron chi connectivity index (χ4n) is 4.23. The molecule has 3 heterocycles. The Labute approximate surface area is 177 Å². The van der Waals surface area contributed by atoms with E-state index in [9.17, 15) is 4.79 Å². The van der Waals surface area contributed by atoms with Crippen LogP contribution in [0.3, 0.4) is 0 Å². The van der Waals surface area contributed by atoms with Crippen LogP contribution in [0, 0.1) is 5.92 Å². The molecule has 0 spiro atoms. The average Bonchev–Trinajstić information content (AvgIpc) is 3.29. The first kappa shape index (κ1) is 20.7. The number of rotatable bonds is 5. The smallest absolute Gasteiger partial charge is 0.318 e. The van der Waals surface area contributed by atoms with Crippen molar-refractivity contribution in [3.8, 4) is 17.2 Å². The van der Waals surface area contributed by atoms with Crippen molar-refractivity contribution in [2.75, 3.05) is 51.3 Å². The summed E-state index contributed by atoms with van der Waals surface area (Å²) in [7, 11) is 1.64. The van der Waals surface area contributed by atoms with Gasteiger partial charge in [0.25, 0.3) is 0 Å². The highest BCUT2D eigenvalue weighted by molar-refractivity contribution is 5.79. The molecule has 0 saturated carbocycles. The molecule has 2 aliphatic heterocycles. The number of carbonyl (C=O) groups excluding carboxylic acids is 1. The van der Waals surface area contributed by atoms with E-state index in [-0.39, 0.29) is 5.92 Å². The van der Waals surface area contributed by atoms with Crippen molar-refractivity contribution < 1.29 is 13.9 Å². The van der Waals surface area contributed by atoms with E-state index in [2.05, 4.69) is 33.8 Å². The quantitative estimate of drug-likeness (QED) is 0.746. The first-order valence-corrected chi connectivity index (χ1v) is 10.8. The van der Waals surface area contributed by atoms with E-state index in [0.29, 0.717) is 23.9 Å². The molecule has 162 valence electrons. The van der Waals surface area contributed by atoms with Crippen LogP contribution < -0.4 is 9.64 Å². The van der Waals surface area contributed by atoms with Gasteiger partial charge >= 0.3 is 6.01 Å². The zero-order valence-electron chi connectivity index (χ0n) is 18.1. The average molecular weight is 414 g/mol. The maximum Gasteiger partial charge on any atom is 0.318 e. The van der Waals surface area contributed by atoms with Gasteiger partial charge in [0.15, 0.2) is 0 Å². The highest BCUT2D eigenvalue weighted by Gasteiger charge is 2.32. The largest absolute Gasteiger partial charge is 0.497 e. The van der Waals surface area contributed by atoms with Gasteiger partial charge < -0.3 is 19.0 Å². The maximum absolute atomic E-state index is 12.9. The molecule has 0 unspecified atom stereocenters. The van der Waals surface area contributed by atoms with Gasteiger partial charge in [0.05, 0.1) is 7.11 Å². The summed E-state index contributed by atoms with van der Waals surface area (Å²) >= 11 is 0. The summed E-state index contributed by atoms with van der Waals surface area (Å²) in [6.07, 6.45) is 1.65. The molecule has 1 aromatic carbocycles. The topological polar surface area (TPSA) is 74.9 Å². The van der Waals surface area contributed by atoms with E-state index in [1.165, 1.54) is 0 Å². The molecule has 8 heteroatoms. The standard InChI is InChI=1S/C22H31N5O3/c1-16(2)25-12-14-26(15-13-25)21(28)18-8-10-27(11-9-18)22-24-23-20(30-22)17-4-6-19(29-3)7-5-17/h4-7,16,18H,8-15H2,1-3H3. The number of piperazine rings is 1. The van der Waals surface area contributed by atoms with Gasteiger partial charge in [0.1, 0.15) is 5.75 Å². The van der Waals surface area contributed by atoms with Gasteiger partial charge in [-0.15, -0.1) is 5.10 Å². The van der Waals surface area contributed by atoms with Crippen LogP contribution in [0.5, 0.6) is 5.75 Å². The molecule has 1 amide bonds. The Morgan fingerprint density at radius 3 is 2.30 bits per heavy atom. The molecule has 2 fully saturated rings. The van der Waals surface area contributed by atoms with Crippen LogP contribution in [0.2, 0.25) is 0 Å². The number of benzene rings is 1. The van der Waals surface area contributed by atoms with E-state index in [4.69, 9.17) is 9.15 Å². The second kappa shape index (κ2) is 9.04. The third-order valence-electron chi connectivity index (χ3n) is 6.22. The Bertz CT molecular complexity index is 835. The summed E-state index contributed by atoms with van der Waals surface area (Å²) in [5.41, 5.74) is 0.861. The zero-order chi connectivity index (χ0) is 21.1. The monoisotopic (exact) mass is 413 g/mol. The van der Waals surface area contributed by atoms with Crippen molar-refractivity contribution in [2.24, 2.45) is 5.92 Å². The van der Waals surface area contributed by atoms with Crippen molar-refractivity contribution in [1.82, 2.24) is 20.0 Å². The summed E-state index contributed by atoms with van der Waals surface area (Å²) in [6, 6.07) is 8.62. The molecule has 1 aromatic heterocycles. The van der Waals surface area contributed by atoms with Crippen LogP contribution in [0.25, 0.3) is 11.5 Å². The molecule has 0 aliphatic carbocycles. The van der Waals surface area contributed by atoms with Gasteiger partial charge in [-0.05, 0) is 51.0 Å². The van der Waals surface area contributed by atoms with E-state index in [1.54, 1.807) is 7.11 Å². The van der Waals surface area contributed by atoms with Gasteiger partial charge in [-0.1, -0.05) is 5.10 Å². The summed E-state index contributed by atoms with van der Waals surface area (Å²) in [6.45, 7) is 9.56. The van der Waals surface area contributed by atoms with Crippen LogP contribution in [0.15, 0.2) is 28.7 Å². The molecule has 2 aliphatic rings. The molecule has 4 rings (SSSR count). The highest BCUT2D eigenvalue weighted by Crippen LogP contribution is 2.28. The summed E-state index contributed by atoms with van der Waals surface area (Å²) in [4.78, 5) is 19.5. The van der Waals surface area contributed by atoms with Crippen LogP contribution in [-0.4, -0.2) is 78.3 Å². The van der Waals surface area contributed by atoms with Gasteiger partial charge in [0, 0.05) is 56.8 Å². The number of methoxy groups -OCH3 is 1. The second-order valence-corrected chi connectivity index (χ2v) is 8.33. The van der Waals surface area contributed by atoms with Gasteiger partial charge in [-0.2, -0.15) is 0 Å². The van der Waals surface area contributed by atoms with Gasteiger partial charge in [-0.3, -0.25) is 9.69 Å². The zero-order valence-corrected chi connectivity index (χ0v) is 18.1. The van der Waals surface area contributed by atoms with E-state index in [1.807, 2.05) is 29.2 Å². The van der Waals surface area contributed by atoms with Crippen molar-refractivity contribution in [2.45, 2.75) is 32.7 Å². The third-order valence-corrected chi connectivity index (χ3v) is 6.22. The Morgan fingerprint density at radius 1 is 1.03 bits per heavy atom. The number of piperidine rings is 1. The van der Waals surface area contributed by atoms with E-state index >= 15 is 0 Å². The molecule has 2 aromatic rings. The molecule has 0 atom stereocenters. The molecule has 2 saturated heterocycles. The highest BCUT2D eigenvalue weighted by atomic mass is 16.5. The molecular formula is C22H31N5O3. The minimum absolute atomic E-state index is 0.0934. The van der Waals surface area contributed by atoms with Crippen molar-refractivity contribution in [3.05, 3.63) is 24.3 Å². The van der Waals surface area contributed by atoms with E-state index < -0.39 is 0 Å². The number of hydrogen-bond donors (Lipinski definition) is 0. The fraction of sp³-hybridized carbons (Fsp3) is 0.591. The van der Waals surface area contributed by atoms with Crippen molar-refractivity contribution in [1.29, 1.82) is 0 Å². The maximum atomic E-state index is 12.9. The first-order valence-electron chi connectivity index (χ1n) is 10.8. The minimum atomic E-state index is 0.0934. The lowest BCUT2D eigenvalue weighted by molar-refractivity contribution is -0.138. The van der Waals surface area contributed by atoms with Crippen LogP contribution in [0.1, 0.15) is 26.7 Å². The normalized spacial score (nSPS) is 18.8. The molecule has 0 bridgehead atoms. The third kappa shape index (κ3) is 4.43. The molecule has 0 radical (unpaired) electrons. The number of anilines is 1. The van der Waals surface area contributed by atoms with Crippen molar-refractivity contribution in [3.63, 3.8) is 0 Å². The van der Waals surface area contributed by atoms with E-state index in [0.717, 1.165) is 63.4 Å². The predicted octanol–water partition coefficient (Wildman–Crippen LogP) is 2.51. The Hall–Kier alpha value is -2.61. The number of nitrogens with zero attached hydrogens (tertiary/aromatic N) is 5. The first-order chi connectivity index (χ1) is 14.5. The Morgan fingerprint density at radius 2 is 1.70 bits per heavy atom. The van der Waals surface area contributed by atoms with Crippen LogP contribution in [0.4, 0.5) is 6.01 Å². The summed E-state index contributed by atoms with van der Waals surface area (Å²) in [5.74, 6) is 1.68. The number of amides is 1. The molecule has 30 heavy (non-hydrogen) atoms. The molecule has 0 N–H and O–H groups in total. The summed E-state index contributed by atoms with van der Waals surface area (Å²) < 4.78 is 11.1. The molecule has 8 nitrogen and oxygen atoms in total. The number of carbonyl (C=O) groups is 1. The SMILES string of the molecule is COc1ccc(-c2nnc(N3CCC(C(=O)N4CCN(C(C)C)CC4)CC3)o2)cc1. The lowest BCUT2D eigenvalue weighted by Gasteiger charge is -2.39. The van der Waals surface area contributed by atoms with Gasteiger partial charge in [0.2, 0.25) is 11.8 Å². The Balaban J connectivity index is 1.30. The minimum Gasteiger partial charge on any atom is -0.497 e. The number of aromatic nitrogens is 2. The van der Waals surface area contributed by atoms with Gasteiger partial charge in [-0.25, -0.2) is 0 Å². The lowest BCUT2D eigenvalue weighted by atomic mass is 9.95. The van der Waals surface area contributed by atoms with Crippen LogP contribution >= 0.6 is 0 Å². The van der Waals surface area contributed by atoms with Crippen molar-refractivity contribution >= 4 is 11.9 Å². The Kier molecular flexibility index (Phi) is 6.22. The number of ether oxygens (including phenoxy) is 1. The fourth-order valence-corrected chi connectivity index (χ4v) is 4.23. The lowest BCUT2D eigenvalue weighted by Crippen LogP contribution is -2.53. The molecular weight excluding hydrogens is 382 g/mol. The second-order valence-electron chi connectivity index (χ2n) is 8.33. The summed E-state index contributed by atoms with van der Waals surface area (Å²) in [5, 5.41) is 8.41. The predicted molar refractivity (Wildman–Crippen MR) is 115 cm³/mol. The number of hydrogen-bond acceptors (Lipinski definition) is 7. The van der Waals surface area contributed by atoms with Crippen LogP contribution in [-0.2, 0) is 4.79 Å².